The van der Waals surface area contributed by atoms with Gasteiger partial charge in [-0.1, -0.05) is 13.8 Å². The minimum Gasteiger partial charge on any atom is -0.392 e. The van der Waals surface area contributed by atoms with Crippen molar-refractivity contribution >= 4 is 0 Å². The third kappa shape index (κ3) is 4.07. The second-order valence-corrected chi connectivity index (χ2v) is 4.27. The van der Waals surface area contributed by atoms with E-state index in [1.54, 1.807) is 0 Å². The maximum Gasteiger partial charge on any atom is 0.0664 e. The molecule has 0 aliphatic heterocycles. The first-order chi connectivity index (χ1) is 5.41. The topological polar surface area (TPSA) is 23.5 Å². The quantitative estimate of drug-likeness (QED) is 0.701. The molecular weight excluding hydrogens is 150 g/mol. The average molecular weight is 173 g/mol. The lowest BCUT2D eigenvalue weighted by Gasteiger charge is -2.35. The predicted molar refractivity (Wildman–Crippen MR) is 53.3 cm³/mol. The highest BCUT2D eigenvalue weighted by Gasteiger charge is 2.21. The molecule has 0 aliphatic rings. The number of likely N-dealkylation sites (N-methyl/N-ethyl adjacent to an activating group) is 1. The molecule has 0 radical (unpaired) electrons. The highest BCUT2D eigenvalue weighted by Crippen LogP contribution is 2.13. The van der Waals surface area contributed by atoms with E-state index in [2.05, 4.69) is 32.6 Å². The van der Waals surface area contributed by atoms with Crippen LogP contribution in [0.4, 0.5) is 0 Å². The fraction of sp³-hybridized carbons (Fsp3) is 1.00. The number of β-amino-alcohol motifs (C(OH)–C–C–N with tert-alkyl or cyclic N) is 1. The van der Waals surface area contributed by atoms with Crippen LogP contribution in [0.15, 0.2) is 0 Å². The number of nitrogens with zero attached hydrogens (tertiary/aromatic N) is 1. The minimum atomic E-state index is -0.177. The average Bonchev–Trinajstić information content (AvgIpc) is 1.97. The Morgan fingerprint density at radius 1 is 1.25 bits per heavy atom. The molecule has 0 aromatic carbocycles. The van der Waals surface area contributed by atoms with Gasteiger partial charge in [0.15, 0.2) is 0 Å². The summed E-state index contributed by atoms with van der Waals surface area (Å²) in [5.74, 6) is 0. The van der Waals surface area contributed by atoms with Gasteiger partial charge in [0.25, 0.3) is 0 Å². The van der Waals surface area contributed by atoms with Crippen molar-refractivity contribution in [2.45, 2.75) is 52.7 Å². The standard InChI is InChI=1S/C10H23NO/c1-6-9(12)8-11(7-2)10(3,4)5/h9,12H,6-8H2,1-5H3. The third-order valence-corrected chi connectivity index (χ3v) is 2.23. The molecule has 2 heteroatoms. The normalized spacial score (nSPS) is 15.2. The lowest BCUT2D eigenvalue weighted by atomic mass is 10.1. The van der Waals surface area contributed by atoms with E-state index >= 15 is 0 Å². The Morgan fingerprint density at radius 2 is 1.75 bits per heavy atom. The predicted octanol–water partition coefficient (Wildman–Crippen LogP) is 1.88. The van der Waals surface area contributed by atoms with E-state index < -0.39 is 0 Å². The maximum absolute atomic E-state index is 9.48. The van der Waals surface area contributed by atoms with Gasteiger partial charge in [-0.2, -0.15) is 0 Å². The molecule has 74 valence electrons. The van der Waals surface area contributed by atoms with E-state index in [9.17, 15) is 5.11 Å². The first-order valence-electron chi connectivity index (χ1n) is 4.84. The van der Waals surface area contributed by atoms with Gasteiger partial charge >= 0.3 is 0 Å². The van der Waals surface area contributed by atoms with E-state index in [0.717, 1.165) is 19.5 Å². The van der Waals surface area contributed by atoms with Gasteiger partial charge < -0.3 is 5.11 Å². The zero-order valence-electron chi connectivity index (χ0n) is 9.09. The first kappa shape index (κ1) is 11.9. The van der Waals surface area contributed by atoms with Crippen LogP contribution in [0.25, 0.3) is 0 Å². The maximum atomic E-state index is 9.48. The number of rotatable bonds is 4. The lowest BCUT2D eigenvalue weighted by Crippen LogP contribution is -2.45. The van der Waals surface area contributed by atoms with Gasteiger partial charge in [-0.25, -0.2) is 0 Å². The summed E-state index contributed by atoms with van der Waals surface area (Å²) in [4.78, 5) is 2.29. The van der Waals surface area contributed by atoms with E-state index in [0.29, 0.717) is 0 Å². The fourth-order valence-electron chi connectivity index (χ4n) is 1.26. The van der Waals surface area contributed by atoms with Crippen LogP contribution in [0.3, 0.4) is 0 Å². The first-order valence-corrected chi connectivity index (χ1v) is 4.84. The number of aliphatic hydroxyl groups is 1. The van der Waals surface area contributed by atoms with Crippen molar-refractivity contribution in [2.75, 3.05) is 13.1 Å². The van der Waals surface area contributed by atoms with Gasteiger partial charge in [-0.3, -0.25) is 4.90 Å². The second kappa shape index (κ2) is 4.83. The molecule has 0 heterocycles. The van der Waals surface area contributed by atoms with Gasteiger partial charge in [0.05, 0.1) is 6.10 Å². The molecule has 0 aliphatic carbocycles. The molecule has 1 atom stereocenters. The van der Waals surface area contributed by atoms with Crippen molar-refractivity contribution in [2.24, 2.45) is 0 Å². The summed E-state index contributed by atoms with van der Waals surface area (Å²) in [6, 6.07) is 0. The largest absolute Gasteiger partial charge is 0.392 e. The Balaban J connectivity index is 4.00. The Labute approximate surface area is 76.6 Å². The minimum absolute atomic E-state index is 0.172. The summed E-state index contributed by atoms with van der Waals surface area (Å²) in [6.07, 6.45) is 0.663. The SMILES string of the molecule is CCC(O)CN(CC)C(C)(C)C. The van der Waals surface area contributed by atoms with Crippen molar-refractivity contribution in [3.8, 4) is 0 Å². The summed E-state index contributed by atoms with van der Waals surface area (Å²) in [6.45, 7) is 12.5. The smallest absolute Gasteiger partial charge is 0.0664 e. The highest BCUT2D eigenvalue weighted by atomic mass is 16.3. The van der Waals surface area contributed by atoms with Gasteiger partial charge in [0, 0.05) is 12.1 Å². The molecule has 0 rings (SSSR count). The Hall–Kier alpha value is -0.0800. The summed E-state index contributed by atoms with van der Waals surface area (Å²) < 4.78 is 0. The van der Waals surface area contributed by atoms with Crippen LogP contribution >= 0.6 is 0 Å². The molecule has 0 aromatic heterocycles. The van der Waals surface area contributed by atoms with Crippen molar-refractivity contribution in [3.63, 3.8) is 0 Å². The number of aliphatic hydroxyl groups excluding tert-OH is 1. The van der Waals surface area contributed by atoms with Crippen LogP contribution in [0.2, 0.25) is 0 Å². The van der Waals surface area contributed by atoms with E-state index in [1.807, 2.05) is 6.92 Å². The lowest BCUT2D eigenvalue weighted by molar-refractivity contribution is 0.0611. The summed E-state index contributed by atoms with van der Waals surface area (Å²) in [7, 11) is 0. The molecule has 0 bridgehead atoms. The van der Waals surface area contributed by atoms with E-state index in [-0.39, 0.29) is 11.6 Å². The van der Waals surface area contributed by atoms with E-state index in [1.165, 1.54) is 0 Å². The van der Waals surface area contributed by atoms with Gasteiger partial charge in [-0.05, 0) is 33.7 Å². The molecule has 1 N–H and O–H groups in total. The van der Waals surface area contributed by atoms with Gasteiger partial charge in [0.1, 0.15) is 0 Å². The van der Waals surface area contributed by atoms with Gasteiger partial charge in [-0.15, -0.1) is 0 Å². The number of hydrogen-bond acceptors (Lipinski definition) is 2. The summed E-state index contributed by atoms with van der Waals surface area (Å²) in [5, 5.41) is 9.48. The number of hydrogen-bond donors (Lipinski definition) is 1. The molecule has 0 saturated heterocycles. The molecule has 0 saturated carbocycles. The van der Waals surface area contributed by atoms with Crippen LogP contribution < -0.4 is 0 Å². The van der Waals surface area contributed by atoms with Crippen LogP contribution in [-0.4, -0.2) is 34.7 Å². The van der Waals surface area contributed by atoms with Crippen LogP contribution in [0.1, 0.15) is 41.0 Å². The molecule has 0 amide bonds. The molecule has 12 heavy (non-hydrogen) atoms. The summed E-state index contributed by atoms with van der Waals surface area (Å²) >= 11 is 0. The zero-order chi connectivity index (χ0) is 9.78. The zero-order valence-corrected chi connectivity index (χ0v) is 9.09. The summed E-state index contributed by atoms with van der Waals surface area (Å²) in [5.41, 5.74) is 0.172. The monoisotopic (exact) mass is 173 g/mol. The van der Waals surface area contributed by atoms with Gasteiger partial charge in [0.2, 0.25) is 0 Å². The van der Waals surface area contributed by atoms with Crippen molar-refractivity contribution in [1.29, 1.82) is 0 Å². The Morgan fingerprint density at radius 3 is 2.00 bits per heavy atom. The highest BCUT2D eigenvalue weighted by molar-refractivity contribution is 4.76. The van der Waals surface area contributed by atoms with Crippen LogP contribution in [-0.2, 0) is 0 Å². The molecule has 1 unspecified atom stereocenters. The van der Waals surface area contributed by atoms with Crippen LogP contribution in [0.5, 0.6) is 0 Å². The molecular formula is C10H23NO. The second-order valence-electron chi connectivity index (χ2n) is 4.27. The van der Waals surface area contributed by atoms with Crippen LogP contribution in [0, 0.1) is 0 Å². The third-order valence-electron chi connectivity index (χ3n) is 2.23. The molecule has 0 spiro atoms. The van der Waals surface area contributed by atoms with Crippen molar-refractivity contribution in [3.05, 3.63) is 0 Å². The Bertz CT molecular complexity index is 117. The van der Waals surface area contributed by atoms with E-state index in [4.69, 9.17) is 0 Å². The van der Waals surface area contributed by atoms with Crippen molar-refractivity contribution < 1.29 is 5.11 Å². The molecule has 0 aromatic rings. The molecule has 2 nitrogen and oxygen atoms in total. The van der Waals surface area contributed by atoms with Crippen molar-refractivity contribution in [1.82, 2.24) is 4.90 Å². The fourth-order valence-corrected chi connectivity index (χ4v) is 1.26. The Kier molecular flexibility index (Phi) is 4.80. The molecule has 0 fully saturated rings.